The highest BCUT2D eigenvalue weighted by atomic mass is 35.5. The number of nitrogens with one attached hydrogen (secondary N) is 1. The van der Waals surface area contributed by atoms with E-state index in [4.69, 9.17) is 23.2 Å². The van der Waals surface area contributed by atoms with Crippen molar-refractivity contribution in [2.24, 2.45) is 13.0 Å². The lowest BCUT2D eigenvalue weighted by molar-refractivity contribution is -0.133. The van der Waals surface area contributed by atoms with E-state index in [1.807, 2.05) is 48.7 Å². The highest BCUT2D eigenvalue weighted by Crippen LogP contribution is 2.30. The number of halogens is 2. The summed E-state index contributed by atoms with van der Waals surface area (Å²) in [5, 5.41) is 3.48. The van der Waals surface area contributed by atoms with Crippen LogP contribution >= 0.6 is 23.2 Å². The molecule has 170 valence electrons. The van der Waals surface area contributed by atoms with Gasteiger partial charge in [0.1, 0.15) is 6.54 Å². The second kappa shape index (κ2) is 11.4. The van der Waals surface area contributed by atoms with E-state index in [0.29, 0.717) is 41.2 Å². The molecule has 1 N–H and O–H groups in total. The van der Waals surface area contributed by atoms with E-state index in [2.05, 4.69) is 19.2 Å². The molecule has 1 unspecified atom stereocenters. The first-order valence-electron chi connectivity index (χ1n) is 10.5. The molecule has 31 heavy (non-hydrogen) atoms. The van der Waals surface area contributed by atoms with Crippen LogP contribution in [0.4, 0.5) is 10.5 Å². The fraction of sp³-hybridized carbons (Fsp3) is 0.478. The number of aryl methyl sites for hydroxylation is 1. The van der Waals surface area contributed by atoms with Crippen LogP contribution in [0.1, 0.15) is 39.8 Å². The monoisotopic (exact) mass is 466 g/mol. The van der Waals surface area contributed by atoms with Crippen LogP contribution in [0.15, 0.2) is 36.5 Å². The molecule has 0 fully saturated rings. The zero-order chi connectivity index (χ0) is 23.1. The van der Waals surface area contributed by atoms with Crippen molar-refractivity contribution in [3.05, 3.63) is 52.3 Å². The molecule has 1 aromatic heterocycles. The Morgan fingerprint density at radius 3 is 2.26 bits per heavy atom. The first kappa shape index (κ1) is 25.1. The summed E-state index contributed by atoms with van der Waals surface area (Å²) in [6.07, 6.45) is 2.67. The van der Waals surface area contributed by atoms with Gasteiger partial charge in [0.2, 0.25) is 5.91 Å². The predicted octanol–water partition coefficient (Wildman–Crippen LogP) is 5.65. The van der Waals surface area contributed by atoms with Crippen molar-refractivity contribution < 1.29 is 9.59 Å². The molecule has 1 atom stereocenters. The average Bonchev–Trinajstić information content (AvgIpc) is 3.11. The summed E-state index contributed by atoms with van der Waals surface area (Å²) in [4.78, 5) is 29.7. The standard InChI is InChI=1S/C23H32Cl2N4O2/c1-6-17(4)29(23(31)26-22-19(24)10-7-11-20(22)25)15-21(30)28(13-16(2)3)14-18-9-8-12-27(18)5/h7-12,16-17H,6,13-15H2,1-5H3,(H,26,31). The van der Waals surface area contributed by atoms with Crippen LogP contribution in [0.2, 0.25) is 10.0 Å². The molecular weight excluding hydrogens is 435 g/mol. The second-order valence-corrected chi connectivity index (χ2v) is 9.00. The Bertz CT molecular complexity index is 877. The fourth-order valence-corrected chi connectivity index (χ4v) is 3.73. The third kappa shape index (κ3) is 6.91. The van der Waals surface area contributed by atoms with Crippen LogP contribution < -0.4 is 5.32 Å². The van der Waals surface area contributed by atoms with Crippen LogP contribution in [0.25, 0.3) is 0 Å². The minimum atomic E-state index is -0.402. The Labute approximate surface area is 195 Å². The second-order valence-electron chi connectivity index (χ2n) is 8.19. The first-order valence-corrected chi connectivity index (χ1v) is 11.3. The summed E-state index contributed by atoms with van der Waals surface area (Å²) in [5.41, 5.74) is 1.39. The topological polar surface area (TPSA) is 57.6 Å². The van der Waals surface area contributed by atoms with Gasteiger partial charge in [0.25, 0.3) is 0 Å². The van der Waals surface area contributed by atoms with E-state index in [-0.39, 0.29) is 18.5 Å². The van der Waals surface area contributed by atoms with Crippen molar-refractivity contribution in [1.29, 1.82) is 0 Å². The zero-order valence-electron chi connectivity index (χ0n) is 18.9. The van der Waals surface area contributed by atoms with Crippen molar-refractivity contribution in [2.75, 3.05) is 18.4 Å². The highest BCUT2D eigenvalue weighted by molar-refractivity contribution is 6.39. The number of amides is 3. The van der Waals surface area contributed by atoms with Crippen molar-refractivity contribution in [2.45, 2.75) is 46.7 Å². The molecule has 2 rings (SSSR count). The van der Waals surface area contributed by atoms with Gasteiger partial charge in [0.15, 0.2) is 0 Å². The van der Waals surface area contributed by atoms with Gasteiger partial charge in [-0.2, -0.15) is 0 Å². The molecule has 0 radical (unpaired) electrons. The summed E-state index contributed by atoms with van der Waals surface area (Å²) < 4.78 is 2.00. The Kier molecular flexibility index (Phi) is 9.26. The lowest BCUT2D eigenvalue weighted by Gasteiger charge is -2.32. The third-order valence-corrected chi connectivity index (χ3v) is 5.86. The van der Waals surface area contributed by atoms with Crippen molar-refractivity contribution in [1.82, 2.24) is 14.4 Å². The third-order valence-electron chi connectivity index (χ3n) is 5.23. The summed E-state index contributed by atoms with van der Waals surface area (Å²) in [5.74, 6) is 0.202. The summed E-state index contributed by atoms with van der Waals surface area (Å²) in [6.45, 7) is 9.12. The van der Waals surface area contributed by atoms with Gasteiger partial charge in [-0.05, 0) is 43.5 Å². The Hall–Kier alpha value is -2.18. The number of anilines is 1. The van der Waals surface area contributed by atoms with Gasteiger partial charge in [-0.25, -0.2) is 4.79 Å². The lowest BCUT2D eigenvalue weighted by Crippen LogP contribution is -2.48. The zero-order valence-corrected chi connectivity index (χ0v) is 20.4. The van der Waals surface area contributed by atoms with Gasteiger partial charge in [0.05, 0.1) is 22.3 Å². The lowest BCUT2D eigenvalue weighted by atomic mass is 10.2. The van der Waals surface area contributed by atoms with Crippen molar-refractivity contribution in [3.63, 3.8) is 0 Å². The molecule has 8 heteroatoms. The van der Waals surface area contributed by atoms with Gasteiger partial charge >= 0.3 is 6.03 Å². The molecule has 1 aromatic carbocycles. The molecule has 0 saturated carbocycles. The van der Waals surface area contributed by atoms with E-state index < -0.39 is 6.03 Å². The molecule has 0 aliphatic heterocycles. The summed E-state index contributed by atoms with van der Waals surface area (Å²) in [6, 6.07) is 8.45. The maximum absolute atomic E-state index is 13.3. The highest BCUT2D eigenvalue weighted by Gasteiger charge is 2.26. The number of urea groups is 1. The Balaban J connectivity index is 2.21. The molecule has 0 aliphatic rings. The molecule has 0 spiro atoms. The number of hydrogen-bond acceptors (Lipinski definition) is 2. The van der Waals surface area contributed by atoms with E-state index in [9.17, 15) is 9.59 Å². The minimum Gasteiger partial charge on any atom is -0.353 e. The number of aromatic nitrogens is 1. The number of para-hydroxylation sites is 1. The molecule has 0 bridgehead atoms. The molecule has 6 nitrogen and oxygen atoms in total. The van der Waals surface area contributed by atoms with E-state index >= 15 is 0 Å². The smallest absolute Gasteiger partial charge is 0.322 e. The van der Waals surface area contributed by atoms with E-state index in [1.165, 1.54) is 0 Å². The molecular formula is C23H32Cl2N4O2. The van der Waals surface area contributed by atoms with Crippen LogP contribution in [-0.4, -0.2) is 45.4 Å². The first-order chi connectivity index (χ1) is 14.6. The quantitative estimate of drug-likeness (QED) is 0.518. The van der Waals surface area contributed by atoms with Crippen molar-refractivity contribution >= 4 is 40.8 Å². The summed E-state index contributed by atoms with van der Waals surface area (Å²) >= 11 is 12.4. The number of hydrogen-bond donors (Lipinski definition) is 1. The van der Waals surface area contributed by atoms with Gasteiger partial charge in [-0.3, -0.25) is 4.79 Å². The molecule has 1 heterocycles. The largest absolute Gasteiger partial charge is 0.353 e. The maximum Gasteiger partial charge on any atom is 0.322 e. The molecule has 2 aromatic rings. The molecule has 0 aliphatic carbocycles. The van der Waals surface area contributed by atoms with Gasteiger partial charge in [-0.15, -0.1) is 0 Å². The van der Waals surface area contributed by atoms with Gasteiger partial charge in [0, 0.05) is 31.5 Å². The number of rotatable bonds is 9. The van der Waals surface area contributed by atoms with Crippen LogP contribution in [0.5, 0.6) is 0 Å². The van der Waals surface area contributed by atoms with E-state index in [1.54, 1.807) is 23.1 Å². The Morgan fingerprint density at radius 2 is 1.74 bits per heavy atom. The number of carbonyl (C=O) groups excluding carboxylic acids is 2. The minimum absolute atomic E-state index is 0.0277. The fourth-order valence-electron chi connectivity index (χ4n) is 3.24. The maximum atomic E-state index is 13.3. The normalized spacial score (nSPS) is 12.0. The SMILES string of the molecule is CCC(C)N(CC(=O)N(Cc1cccn1C)CC(C)C)C(=O)Nc1c(Cl)cccc1Cl. The van der Waals surface area contributed by atoms with Gasteiger partial charge < -0.3 is 19.7 Å². The van der Waals surface area contributed by atoms with E-state index in [0.717, 1.165) is 5.69 Å². The molecule has 0 saturated heterocycles. The van der Waals surface area contributed by atoms with Gasteiger partial charge in [-0.1, -0.05) is 50.0 Å². The molecule has 3 amide bonds. The van der Waals surface area contributed by atoms with Crippen LogP contribution in [0, 0.1) is 5.92 Å². The number of carbonyl (C=O) groups is 2. The number of nitrogens with zero attached hydrogens (tertiary/aromatic N) is 3. The van der Waals surface area contributed by atoms with Crippen molar-refractivity contribution in [3.8, 4) is 0 Å². The Morgan fingerprint density at radius 1 is 1.10 bits per heavy atom. The number of benzene rings is 1. The predicted molar refractivity (Wildman–Crippen MR) is 128 cm³/mol. The summed E-state index contributed by atoms with van der Waals surface area (Å²) in [7, 11) is 1.96. The average molecular weight is 467 g/mol. The van der Waals surface area contributed by atoms with Crippen LogP contribution in [0.3, 0.4) is 0 Å². The van der Waals surface area contributed by atoms with Crippen LogP contribution in [-0.2, 0) is 18.4 Å².